The highest BCUT2D eigenvalue weighted by atomic mass is 16.5. The van der Waals surface area contributed by atoms with Crippen molar-refractivity contribution >= 4 is 5.91 Å². The second-order valence-electron chi connectivity index (χ2n) is 5.78. The number of carbonyl (C=O) groups is 1. The fourth-order valence-electron chi connectivity index (χ4n) is 2.67. The first-order valence-electron chi connectivity index (χ1n) is 7.18. The molecule has 1 aliphatic carbocycles. The Labute approximate surface area is 113 Å². The molecule has 19 heavy (non-hydrogen) atoms. The molecule has 2 heterocycles. The van der Waals surface area contributed by atoms with E-state index in [0.717, 1.165) is 31.6 Å². The van der Waals surface area contributed by atoms with Crippen LogP contribution >= 0.6 is 0 Å². The van der Waals surface area contributed by atoms with E-state index in [1.807, 2.05) is 11.8 Å². The van der Waals surface area contributed by atoms with Gasteiger partial charge >= 0.3 is 0 Å². The molecule has 2 fully saturated rings. The largest absolute Gasteiger partial charge is 0.351 e. The number of nitrogens with zero attached hydrogens (tertiary/aromatic N) is 2. The van der Waals surface area contributed by atoms with Crippen molar-refractivity contribution in [2.24, 2.45) is 5.92 Å². The molecule has 3 rings (SSSR count). The Morgan fingerprint density at radius 1 is 1.47 bits per heavy atom. The van der Waals surface area contributed by atoms with E-state index >= 15 is 0 Å². The summed E-state index contributed by atoms with van der Waals surface area (Å²) in [6.07, 6.45) is 6.46. The fourth-order valence-corrected chi connectivity index (χ4v) is 2.67. The van der Waals surface area contributed by atoms with Gasteiger partial charge in [0.1, 0.15) is 0 Å². The molecule has 1 unspecified atom stereocenters. The maximum Gasteiger partial charge on any atom is 0.292 e. The van der Waals surface area contributed by atoms with Crippen LogP contribution in [0.4, 0.5) is 0 Å². The Kier molecular flexibility index (Phi) is 3.55. The summed E-state index contributed by atoms with van der Waals surface area (Å²) >= 11 is 0. The predicted molar refractivity (Wildman–Crippen MR) is 70.9 cm³/mol. The fraction of sp³-hybridized carbons (Fsp3) is 0.714. The van der Waals surface area contributed by atoms with Crippen LogP contribution < -0.4 is 5.32 Å². The Hall–Kier alpha value is -1.36. The van der Waals surface area contributed by atoms with Gasteiger partial charge in [-0.25, -0.2) is 0 Å². The first-order valence-corrected chi connectivity index (χ1v) is 7.18. The molecule has 1 aromatic heterocycles. The average Bonchev–Trinajstić information content (AvgIpc) is 2.88. The summed E-state index contributed by atoms with van der Waals surface area (Å²) in [5, 5.41) is 7.17. The molecule has 0 bridgehead atoms. The van der Waals surface area contributed by atoms with Gasteiger partial charge in [0, 0.05) is 24.7 Å². The molecule has 2 aliphatic rings. The van der Waals surface area contributed by atoms with Crippen LogP contribution in [0.5, 0.6) is 0 Å². The van der Waals surface area contributed by atoms with Crippen LogP contribution in [0.3, 0.4) is 0 Å². The van der Waals surface area contributed by atoms with Crippen molar-refractivity contribution in [2.45, 2.75) is 38.6 Å². The van der Waals surface area contributed by atoms with E-state index in [-0.39, 0.29) is 5.91 Å². The number of hydrogen-bond donors (Lipinski definition) is 1. The first-order chi connectivity index (χ1) is 9.24. The van der Waals surface area contributed by atoms with Gasteiger partial charge < -0.3 is 14.7 Å². The van der Waals surface area contributed by atoms with E-state index in [2.05, 4.69) is 10.5 Å². The van der Waals surface area contributed by atoms with E-state index in [4.69, 9.17) is 4.52 Å². The van der Waals surface area contributed by atoms with Gasteiger partial charge in [0.15, 0.2) is 0 Å². The molecule has 104 valence electrons. The molecule has 1 amide bonds. The summed E-state index contributed by atoms with van der Waals surface area (Å²) in [6.45, 7) is 4.58. The Bertz CT molecular complexity index is 447. The highest BCUT2D eigenvalue weighted by Gasteiger charge is 2.31. The van der Waals surface area contributed by atoms with Crippen LogP contribution in [-0.2, 0) is 0 Å². The molecule has 1 aromatic rings. The third kappa shape index (κ3) is 2.97. The number of nitrogens with one attached hydrogen (secondary N) is 1. The third-order valence-corrected chi connectivity index (χ3v) is 4.01. The molecule has 0 spiro atoms. The lowest BCUT2D eigenvalue weighted by Crippen LogP contribution is -2.42. The van der Waals surface area contributed by atoms with Gasteiger partial charge in [0.25, 0.3) is 5.91 Å². The summed E-state index contributed by atoms with van der Waals surface area (Å²) in [6, 6.07) is 0.436. The van der Waals surface area contributed by atoms with Crippen molar-refractivity contribution in [1.82, 2.24) is 15.4 Å². The minimum Gasteiger partial charge on any atom is -0.351 e. The summed E-state index contributed by atoms with van der Waals surface area (Å²) < 4.78 is 5.11. The smallest absolute Gasteiger partial charge is 0.292 e. The number of rotatable bonds is 5. The van der Waals surface area contributed by atoms with Crippen LogP contribution in [0.2, 0.25) is 0 Å². The topological polar surface area (TPSA) is 58.4 Å². The summed E-state index contributed by atoms with van der Waals surface area (Å²) in [5.74, 6) is 1.09. The minimum atomic E-state index is -0.00407. The van der Waals surface area contributed by atoms with Crippen molar-refractivity contribution < 1.29 is 9.32 Å². The van der Waals surface area contributed by atoms with Crippen molar-refractivity contribution in [2.75, 3.05) is 19.6 Å². The standard InChI is InChI=1S/C14H21N3O2/c1-10-7-16-19-13(10)14(18)17(8-11-4-5-11)9-12-3-2-6-15-12/h7,11-12,15H,2-6,8-9H2,1H3. The monoisotopic (exact) mass is 263 g/mol. The van der Waals surface area contributed by atoms with Crippen molar-refractivity contribution in [1.29, 1.82) is 0 Å². The average molecular weight is 263 g/mol. The SMILES string of the molecule is Cc1cnoc1C(=O)N(CC1CC1)CC1CCCN1. The second kappa shape index (κ2) is 5.33. The molecular weight excluding hydrogens is 242 g/mol. The second-order valence-corrected chi connectivity index (χ2v) is 5.78. The third-order valence-electron chi connectivity index (χ3n) is 4.01. The van der Waals surface area contributed by atoms with Crippen LogP contribution in [0.15, 0.2) is 10.7 Å². The zero-order valence-corrected chi connectivity index (χ0v) is 11.4. The molecule has 1 saturated carbocycles. The number of hydrogen-bond acceptors (Lipinski definition) is 4. The summed E-state index contributed by atoms with van der Waals surface area (Å²) in [4.78, 5) is 14.5. The maximum absolute atomic E-state index is 12.5. The highest BCUT2D eigenvalue weighted by molar-refractivity contribution is 5.92. The van der Waals surface area contributed by atoms with Crippen LogP contribution in [0.25, 0.3) is 0 Å². The van der Waals surface area contributed by atoms with Gasteiger partial charge in [-0.2, -0.15) is 0 Å². The van der Waals surface area contributed by atoms with Gasteiger partial charge in [-0.3, -0.25) is 4.79 Å². The van der Waals surface area contributed by atoms with E-state index < -0.39 is 0 Å². The van der Waals surface area contributed by atoms with E-state index in [9.17, 15) is 4.79 Å². The maximum atomic E-state index is 12.5. The molecular formula is C14H21N3O2. The van der Waals surface area contributed by atoms with E-state index in [0.29, 0.717) is 17.7 Å². The predicted octanol–water partition coefficient (Wildman–Crippen LogP) is 1.59. The van der Waals surface area contributed by atoms with Crippen LogP contribution in [-0.4, -0.2) is 41.6 Å². The quantitative estimate of drug-likeness (QED) is 0.876. The summed E-state index contributed by atoms with van der Waals surface area (Å²) in [5.41, 5.74) is 0.824. The van der Waals surface area contributed by atoms with Gasteiger partial charge in [0.2, 0.25) is 5.76 Å². The molecule has 1 saturated heterocycles. The minimum absolute atomic E-state index is 0.00407. The zero-order valence-electron chi connectivity index (χ0n) is 11.4. The summed E-state index contributed by atoms with van der Waals surface area (Å²) in [7, 11) is 0. The van der Waals surface area contributed by atoms with Crippen molar-refractivity contribution in [3.63, 3.8) is 0 Å². The van der Waals surface area contributed by atoms with Crippen LogP contribution in [0, 0.1) is 12.8 Å². The van der Waals surface area contributed by atoms with E-state index in [1.54, 1.807) is 6.20 Å². The lowest BCUT2D eigenvalue weighted by atomic mass is 10.2. The Morgan fingerprint density at radius 3 is 2.89 bits per heavy atom. The molecule has 5 nitrogen and oxygen atoms in total. The number of aryl methyl sites for hydroxylation is 1. The molecule has 5 heteroatoms. The number of amides is 1. The van der Waals surface area contributed by atoms with E-state index in [1.165, 1.54) is 19.3 Å². The molecule has 1 atom stereocenters. The van der Waals surface area contributed by atoms with Crippen molar-refractivity contribution in [3.8, 4) is 0 Å². The normalized spacial score (nSPS) is 22.7. The molecule has 1 aliphatic heterocycles. The highest BCUT2D eigenvalue weighted by Crippen LogP contribution is 2.30. The zero-order chi connectivity index (χ0) is 13.2. The molecule has 1 N–H and O–H groups in total. The Balaban J connectivity index is 1.69. The number of aromatic nitrogens is 1. The molecule has 0 radical (unpaired) electrons. The first kappa shape index (κ1) is 12.7. The molecule has 0 aromatic carbocycles. The van der Waals surface area contributed by atoms with Gasteiger partial charge in [-0.1, -0.05) is 5.16 Å². The van der Waals surface area contributed by atoms with Gasteiger partial charge in [0.05, 0.1) is 6.20 Å². The van der Waals surface area contributed by atoms with Crippen LogP contribution in [0.1, 0.15) is 41.8 Å². The number of carbonyl (C=O) groups excluding carboxylic acids is 1. The van der Waals surface area contributed by atoms with Gasteiger partial charge in [-0.15, -0.1) is 0 Å². The Morgan fingerprint density at radius 2 is 2.32 bits per heavy atom. The van der Waals surface area contributed by atoms with Crippen molar-refractivity contribution in [3.05, 3.63) is 17.5 Å². The lowest BCUT2D eigenvalue weighted by molar-refractivity contribution is 0.0690. The van der Waals surface area contributed by atoms with Gasteiger partial charge in [-0.05, 0) is 45.1 Å². The lowest BCUT2D eigenvalue weighted by Gasteiger charge is -2.25.